The van der Waals surface area contributed by atoms with Crippen molar-refractivity contribution in [2.24, 2.45) is 5.41 Å². The first-order chi connectivity index (χ1) is 6.97. The molecule has 0 radical (unpaired) electrons. The maximum Gasteiger partial charge on any atom is 0.0763 e. The predicted molar refractivity (Wildman–Crippen MR) is 68.2 cm³/mol. The fraction of sp³-hybridized carbons (Fsp3) is 0.385. The van der Waals surface area contributed by atoms with Crippen LogP contribution in [-0.4, -0.2) is 7.05 Å². The molecule has 1 aliphatic heterocycles. The van der Waals surface area contributed by atoms with Crippen molar-refractivity contribution in [2.75, 3.05) is 11.9 Å². The van der Waals surface area contributed by atoms with Gasteiger partial charge in [-0.1, -0.05) is 44.7 Å². The molecule has 0 spiro atoms. The van der Waals surface area contributed by atoms with Crippen molar-refractivity contribution in [3.05, 3.63) is 35.4 Å². The summed E-state index contributed by atoms with van der Waals surface area (Å²) in [6.07, 6.45) is 2.33. The third kappa shape index (κ3) is 2.20. The number of thioether (sulfide) groups is 1. The summed E-state index contributed by atoms with van der Waals surface area (Å²) in [6.45, 7) is 6.70. The molecule has 0 fully saturated rings. The molecule has 0 saturated carbocycles. The Bertz CT molecular complexity index is 401. The van der Waals surface area contributed by atoms with Gasteiger partial charge in [0.15, 0.2) is 0 Å². The monoisotopic (exact) mass is 219 g/mol. The minimum Gasteiger partial charge on any atom is -0.338 e. The molecule has 1 aromatic carbocycles. The molecular weight excluding hydrogens is 202 g/mol. The smallest absolute Gasteiger partial charge is 0.0763 e. The Balaban J connectivity index is 2.35. The van der Waals surface area contributed by atoms with Crippen molar-refractivity contribution >= 4 is 17.4 Å². The van der Waals surface area contributed by atoms with Gasteiger partial charge >= 0.3 is 0 Å². The van der Waals surface area contributed by atoms with Crippen molar-refractivity contribution in [1.82, 2.24) is 0 Å². The topological polar surface area (TPSA) is 3.24 Å². The molecule has 2 rings (SSSR count). The predicted octanol–water partition coefficient (Wildman–Crippen LogP) is 4.12. The molecule has 15 heavy (non-hydrogen) atoms. The Morgan fingerprint density at radius 1 is 1.20 bits per heavy atom. The minimum atomic E-state index is 0.235. The molecule has 0 N–H and O–H groups in total. The molecule has 0 aliphatic carbocycles. The first-order valence-corrected chi connectivity index (χ1v) is 6.02. The summed E-state index contributed by atoms with van der Waals surface area (Å²) in [4.78, 5) is 3.63. The normalized spacial score (nSPS) is 18.4. The van der Waals surface area contributed by atoms with E-state index in [1.165, 1.54) is 15.6 Å². The van der Waals surface area contributed by atoms with Crippen LogP contribution in [0.2, 0.25) is 0 Å². The summed E-state index contributed by atoms with van der Waals surface area (Å²) >= 11 is 1.86. The molecule has 0 saturated heterocycles. The summed E-state index contributed by atoms with van der Waals surface area (Å²) in [5, 5.41) is 1.34. The summed E-state index contributed by atoms with van der Waals surface area (Å²) < 4.78 is 0. The van der Waals surface area contributed by atoms with Crippen LogP contribution in [0.15, 0.2) is 40.3 Å². The number of anilines is 1. The zero-order valence-corrected chi connectivity index (χ0v) is 10.6. The molecule has 1 aliphatic rings. The zero-order chi connectivity index (χ0) is 11.1. The highest BCUT2D eigenvalue weighted by Gasteiger charge is 2.22. The first-order valence-electron chi connectivity index (χ1n) is 5.21. The van der Waals surface area contributed by atoms with Crippen LogP contribution in [0.3, 0.4) is 0 Å². The lowest BCUT2D eigenvalue weighted by molar-refractivity contribution is 0.541. The van der Waals surface area contributed by atoms with Crippen LogP contribution >= 0.6 is 11.8 Å². The van der Waals surface area contributed by atoms with Crippen LogP contribution in [-0.2, 0) is 0 Å². The van der Waals surface area contributed by atoms with Gasteiger partial charge in [-0.2, -0.15) is 0 Å². The summed E-state index contributed by atoms with van der Waals surface area (Å²) in [5.74, 6) is 0. The van der Waals surface area contributed by atoms with Gasteiger partial charge in [0, 0.05) is 11.9 Å². The lowest BCUT2D eigenvalue weighted by atomic mass is 9.97. The van der Waals surface area contributed by atoms with Gasteiger partial charge in [-0.25, -0.2) is 0 Å². The molecule has 1 heterocycles. The van der Waals surface area contributed by atoms with Gasteiger partial charge in [-0.15, -0.1) is 0 Å². The van der Waals surface area contributed by atoms with Crippen molar-refractivity contribution in [1.29, 1.82) is 0 Å². The molecule has 80 valence electrons. The zero-order valence-electron chi connectivity index (χ0n) is 9.74. The highest BCUT2D eigenvalue weighted by Crippen LogP contribution is 2.45. The lowest BCUT2D eigenvalue weighted by Crippen LogP contribution is -2.12. The Morgan fingerprint density at radius 2 is 1.87 bits per heavy atom. The Hall–Kier alpha value is -0.890. The summed E-state index contributed by atoms with van der Waals surface area (Å²) in [7, 11) is 2.14. The number of para-hydroxylation sites is 1. The molecule has 2 heteroatoms. The van der Waals surface area contributed by atoms with Crippen molar-refractivity contribution in [2.45, 2.75) is 25.7 Å². The van der Waals surface area contributed by atoms with Gasteiger partial charge in [-0.3, -0.25) is 0 Å². The molecule has 0 aromatic heterocycles. The maximum absolute atomic E-state index is 2.33. The number of allylic oxidation sites excluding steroid dienone is 1. The average Bonchev–Trinajstić information content (AvgIpc) is 2.42. The first kappa shape index (κ1) is 10.6. The number of fused-ring (bicyclic) bond motifs is 1. The van der Waals surface area contributed by atoms with Crippen LogP contribution in [0, 0.1) is 5.41 Å². The number of rotatable bonds is 0. The van der Waals surface area contributed by atoms with E-state index in [0.717, 1.165) is 0 Å². The molecule has 1 nitrogen and oxygen atoms in total. The second-order valence-corrected chi connectivity index (χ2v) is 6.04. The van der Waals surface area contributed by atoms with Gasteiger partial charge in [0.1, 0.15) is 0 Å². The van der Waals surface area contributed by atoms with Crippen molar-refractivity contribution in [3.63, 3.8) is 0 Å². The largest absolute Gasteiger partial charge is 0.338 e. The average molecular weight is 219 g/mol. The van der Waals surface area contributed by atoms with Gasteiger partial charge in [0.25, 0.3) is 0 Å². The van der Waals surface area contributed by atoms with Gasteiger partial charge in [-0.05, 0) is 23.6 Å². The van der Waals surface area contributed by atoms with E-state index in [0.29, 0.717) is 0 Å². The van der Waals surface area contributed by atoms with Crippen LogP contribution in [0.1, 0.15) is 20.8 Å². The van der Waals surface area contributed by atoms with Crippen molar-refractivity contribution < 1.29 is 0 Å². The third-order valence-corrected chi connectivity index (χ3v) is 3.49. The lowest BCUT2D eigenvalue weighted by Gasteiger charge is -2.18. The maximum atomic E-state index is 2.33. The molecule has 0 unspecified atom stereocenters. The van der Waals surface area contributed by atoms with Gasteiger partial charge in [0.05, 0.1) is 10.7 Å². The highest BCUT2D eigenvalue weighted by molar-refractivity contribution is 8.03. The fourth-order valence-electron chi connectivity index (χ4n) is 1.62. The minimum absolute atomic E-state index is 0.235. The third-order valence-electron chi connectivity index (χ3n) is 2.33. The SMILES string of the molecule is CN1/C(=C\C(C)(C)C)Sc2ccccc21. The Kier molecular flexibility index (Phi) is 2.55. The van der Waals surface area contributed by atoms with E-state index in [9.17, 15) is 0 Å². The second-order valence-electron chi connectivity index (χ2n) is 4.98. The molecule has 0 bridgehead atoms. The molecule has 1 aromatic rings. The van der Waals surface area contributed by atoms with E-state index >= 15 is 0 Å². The van der Waals surface area contributed by atoms with Crippen LogP contribution < -0.4 is 4.90 Å². The van der Waals surface area contributed by atoms with E-state index in [1.54, 1.807) is 0 Å². The van der Waals surface area contributed by atoms with Crippen LogP contribution in [0.5, 0.6) is 0 Å². The van der Waals surface area contributed by atoms with Gasteiger partial charge < -0.3 is 4.90 Å². The summed E-state index contributed by atoms with van der Waals surface area (Å²) in [5.41, 5.74) is 1.55. The van der Waals surface area contributed by atoms with Crippen LogP contribution in [0.25, 0.3) is 0 Å². The molecule has 0 amide bonds. The number of benzene rings is 1. The Morgan fingerprint density at radius 3 is 2.47 bits per heavy atom. The van der Waals surface area contributed by atoms with E-state index in [4.69, 9.17) is 0 Å². The standard InChI is InChI=1S/C13H17NS/c1-13(2,3)9-12-14(4)10-7-5-6-8-11(10)15-12/h5-9H,1-4H3/b12-9+. The highest BCUT2D eigenvalue weighted by atomic mass is 32.2. The van der Waals surface area contributed by atoms with Gasteiger partial charge in [0.2, 0.25) is 0 Å². The van der Waals surface area contributed by atoms with Crippen LogP contribution in [0.4, 0.5) is 5.69 Å². The van der Waals surface area contributed by atoms with E-state index < -0.39 is 0 Å². The van der Waals surface area contributed by atoms with E-state index in [1.807, 2.05) is 11.8 Å². The quantitative estimate of drug-likeness (QED) is 0.646. The van der Waals surface area contributed by atoms with Crippen molar-refractivity contribution in [3.8, 4) is 0 Å². The second kappa shape index (κ2) is 3.60. The number of hydrogen-bond acceptors (Lipinski definition) is 2. The fourth-order valence-corrected chi connectivity index (χ4v) is 2.95. The van der Waals surface area contributed by atoms with E-state index in [2.05, 4.69) is 63.1 Å². The Labute approximate surface area is 96.2 Å². The number of nitrogens with zero attached hydrogens (tertiary/aromatic N) is 1. The number of hydrogen-bond donors (Lipinski definition) is 0. The van der Waals surface area contributed by atoms with E-state index in [-0.39, 0.29) is 5.41 Å². The summed E-state index contributed by atoms with van der Waals surface area (Å²) in [6, 6.07) is 8.54. The molecular formula is C13H17NS. The molecule has 0 atom stereocenters.